The van der Waals surface area contributed by atoms with Gasteiger partial charge < -0.3 is 14.1 Å². The van der Waals surface area contributed by atoms with Gasteiger partial charge in [0.15, 0.2) is 12.2 Å². The lowest BCUT2D eigenvalue weighted by atomic mass is 9.88. The summed E-state index contributed by atoms with van der Waals surface area (Å²) in [5.41, 5.74) is 1.88. The Kier molecular flexibility index (Phi) is 4.60. The topological polar surface area (TPSA) is 55.6 Å². The van der Waals surface area contributed by atoms with E-state index in [-0.39, 0.29) is 6.09 Å². The standard InChI is InChI=1S/C19H24N2O3/c1-19(2,3)24-18(22)21-9-7-14(8-10-21)15-5-4-6-16(11-15)17-12-20-13-23-17/h4-6,11-14H,7-10H2,1-3H3. The zero-order valence-corrected chi connectivity index (χ0v) is 14.5. The molecule has 3 rings (SSSR count). The van der Waals surface area contributed by atoms with Crippen LogP contribution in [0.1, 0.15) is 45.1 Å². The largest absolute Gasteiger partial charge is 0.444 e. The Labute approximate surface area is 142 Å². The molecule has 1 amide bonds. The van der Waals surface area contributed by atoms with Crippen molar-refractivity contribution < 1.29 is 13.9 Å². The van der Waals surface area contributed by atoms with E-state index in [0.29, 0.717) is 5.92 Å². The number of piperidine rings is 1. The maximum Gasteiger partial charge on any atom is 0.410 e. The van der Waals surface area contributed by atoms with Crippen LogP contribution in [-0.4, -0.2) is 34.7 Å². The molecule has 0 unspecified atom stereocenters. The van der Waals surface area contributed by atoms with Gasteiger partial charge in [-0.1, -0.05) is 18.2 Å². The molecule has 0 N–H and O–H groups in total. The number of benzene rings is 1. The minimum absolute atomic E-state index is 0.212. The minimum Gasteiger partial charge on any atom is -0.444 e. The molecular formula is C19H24N2O3. The average molecular weight is 328 g/mol. The average Bonchev–Trinajstić information content (AvgIpc) is 3.08. The number of rotatable bonds is 2. The Morgan fingerprint density at radius 3 is 2.67 bits per heavy atom. The first kappa shape index (κ1) is 16.6. The minimum atomic E-state index is -0.445. The molecule has 0 aliphatic carbocycles. The van der Waals surface area contributed by atoms with Gasteiger partial charge in [0.25, 0.3) is 0 Å². The Balaban J connectivity index is 1.63. The number of aromatic nitrogens is 1. The van der Waals surface area contributed by atoms with Crippen LogP contribution in [-0.2, 0) is 4.74 Å². The van der Waals surface area contributed by atoms with E-state index in [1.165, 1.54) is 12.0 Å². The number of oxazole rings is 1. The van der Waals surface area contributed by atoms with Crippen LogP contribution in [0.2, 0.25) is 0 Å². The molecule has 1 saturated heterocycles. The number of amides is 1. The van der Waals surface area contributed by atoms with Gasteiger partial charge >= 0.3 is 6.09 Å². The second kappa shape index (κ2) is 6.67. The van der Waals surface area contributed by atoms with Gasteiger partial charge in [-0.3, -0.25) is 0 Å². The van der Waals surface area contributed by atoms with Crippen LogP contribution < -0.4 is 0 Å². The summed E-state index contributed by atoms with van der Waals surface area (Å²) in [6.45, 7) is 7.14. The summed E-state index contributed by atoms with van der Waals surface area (Å²) in [6.07, 6.45) is 4.85. The van der Waals surface area contributed by atoms with E-state index in [4.69, 9.17) is 9.15 Å². The Morgan fingerprint density at radius 1 is 1.29 bits per heavy atom. The van der Waals surface area contributed by atoms with Crippen molar-refractivity contribution in [3.8, 4) is 11.3 Å². The van der Waals surface area contributed by atoms with E-state index in [1.54, 1.807) is 6.20 Å². The van der Waals surface area contributed by atoms with Crippen molar-refractivity contribution in [2.45, 2.75) is 45.1 Å². The highest BCUT2D eigenvalue weighted by Gasteiger charge is 2.27. The van der Waals surface area contributed by atoms with Crippen LogP contribution in [0.25, 0.3) is 11.3 Å². The number of ether oxygens (including phenoxy) is 1. The van der Waals surface area contributed by atoms with Crippen molar-refractivity contribution in [1.82, 2.24) is 9.88 Å². The molecule has 5 nitrogen and oxygen atoms in total. The van der Waals surface area contributed by atoms with Gasteiger partial charge in [0.2, 0.25) is 0 Å². The van der Waals surface area contributed by atoms with Crippen molar-refractivity contribution in [1.29, 1.82) is 0 Å². The van der Waals surface area contributed by atoms with Crippen LogP contribution in [0.15, 0.2) is 41.3 Å². The fourth-order valence-corrected chi connectivity index (χ4v) is 3.03. The number of carbonyl (C=O) groups is 1. The summed E-state index contributed by atoms with van der Waals surface area (Å²) >= 11 is 0. The van der Waals surface area contributed by atoms with Gasteiger partial charge in [0.05, 0.1) is 6.20 Å². The molecule has 128 valence electrons. The van der Waals surface area contributed by atoms with Crippen molar-refractivity contribution >= 4 is 6.09 Å². The van der Waals surface area contributed by atoms with Gasteiger partial charge in [0, 0.05) is 18.7 Å². The molecule has 1 aromatic heterocycles. The third-order valence-electron chi connectivity index (χ3n) is 4.22. The maximum absolute atomic E-state index is 12.2. The smallest absolute Gasteiger partial charge is 0.410 e. The summed E-state index contributed by atoms with van der Waals surface area (Å²) < 4.78 is 10.8. The molecule has 5 heteroatoms. The monoisotopic (exact) mass is 328 g/mol. The Morgan fingerprint density at radius 2 is 2.04 bits per heavy atom. The van der Waals surface area contributed by atoms with Gasteiger partial charge in [-0.05, 0) is 51.2 Å². The highest BCUT2D eigenvalue weighted by atomic mass is 16.6. The summed E-state index contributed by atoms with van der Waals surface area (Å²) in [4.78, 5) is 17.9. The number of nitrogens with zero attached hydrogens (tertiary/aromatic N) is 2. The fourth-order valence-electron chi connectivity index (χ4n) is 3.03. The van der Waals surface area contributed by atoms with Crippen LogP contribution in [0.5, 0.6) is 0 Å². The van der Waals surface area contributed by atoms with Crippen molar-refractivity contribution in [3.63, 3.8) is 0 Å². The molecule has 24 heavy (non-hydrogen) atoms. The quantitative estimate of drug-likeness (QED) is 0.817. The van der Waals surface area contributed by atoms with E-state index in [2.05, 4.69) is 17.1 Å². The number of hydrogen-bond donors (Lipinski definition) is 0. The Bertz CT molecular complexity index is 681. The second-order valence-electron chi connectivity index (χ2n) is 7.23. The number of carbonyl (C=O) groups excluding carboxylic acids is 1. The maximum atomic E-state index is 12.2. The zero-order chi connectivity index (χ0) is 17.2. The summed E-state index contributed by atoms with van der Waals surface area (Å²) in [6, 6.07) is 8.38. The fraction of sp³-hybridized carbons (Fsp3) is 0.474. The third-order valence-corrected chi connectivity index (χ3v) is 4.22. The van der Waals surface area contributed by atoms with E-state index >= 15 is 0 Å². The van der Waals surface area contributed by atoms with Crippen LogP contribution >= 0.6 is 0 Å². The molecular weight excluding hydrogens is 304 g/mol. The highest BCUT2D eigenvalue weighted by molar-refractivity contribution is 5.68. The molecule has 0 atom stereocenters. The van der Waals surface area contributed by atoms with E-state index in [9.17, 15) is 4.79 Å². The molecule has 0 saturated carbocycles. The molecule has 1 aliphatic heterocycles. The van der Waals surface area contributed by atoms with Crippen molar-refractivity contribution in [2.24, 2.45) is 0 Å². The predicted molar refractivity (Wildman–Crippen MR) is 91.7 cm³/mol. The van der Waals surface area contributed by atoms with Gasteiger partial charge in [-0.2, -0.15) is 0 Å². The van der Waals surface area contributed by atoms with Gasteiger partial charge in [-0.25, -0.2) is 9.78 Å². The number of likely N-dealkylation sites (tertiary alicyclic amines) is 1. The highest BCUT2D eigenvalue weighted by Crippen LogP contribution is 2.31. The molecule has 0 bridgehead atoms. The number of hydrogen-bond acceptors (Lipinski definition) is 4. The second-order valence-corrected chi connectivity index (χ2v) is 7.23. The summed E-state index contributed by atoms with van der Waals surface area (Å²) in [7, 11) is 0. The Hall–Kier alpha value is -2.30. The van der Waals surface area contributed by atoms with E-state index in [1.807, 2.05) is 37.8 Å². The first-order valence-electron chi connectivity index (χ1n) is 8.39. The van der Waals surface area contributed by atoms with Crippen molar-refractivity contribution in [3.05, 3.63) is 42.4 Å². The molecule has 0 spiro atoms. The summed E-state index contributed by atoms with van der Waals surface area (Å²) in [5.74, 6) is 1.23. The predicted octanol–water partition coefficient (Wildman–Crippen LogP) is 4.46. The normalized spacial score (nSPS) is 16.2. The molecule has 1 aliphatic rings. The molecule has 1 fully saturated rings. The van der Waals surface area contributed by atoms with Gasteiger partial charge in [-0.15, -0.1) is 0 Å². The van der Waals surface area contributed by atoms with Crippen molar-refractivity contribution in [2.75, 3.05) is 13.1 Å². The lowest BCUT2D eigenvalue weighted by Gasteiger charge is -2.33. The lowest BCUT2D eigenvalue weighted by molar-refractivity contribution is 0.0205. The first-order chi connectivity index (χ1) is 11.4. The molecule has 2 aromatic rings. The summed E-state index contributed by atoms with van der Waals surface area (Å²) in [5, 5.41) is 0. The van der Waals surface area contributed by atoms with Crippen LogP contribution in [0.4, 0.5) is 4.79 Å². The first-order valence-corrected chi connectivity index (χ1v) is 8.39. The van der Waals surface area contributed by atoms with E-state index < -0.39 is 5.60 Å². The van der Waals surface area contributed by atoms with Gasteiger partial charge in [0.1, 0.15) is 5.60 Å². The molecule has 0 radical (unpaired) electrons. The van der Waals surface area contributed by atoms with Crippen LogP contribution in [0.3, 0.4) is 0 Å². The third kappa shape index (κ3) is 3.96. The molecule has 2 heterocycles. The lowest BCUT2D eigenvalue weighted by Crippen LogP contribution is -2.41. The SMILES string of the molecule is CC(C)(C)OC(=O)N1CCC(c2cccc(-c3cnco3)c2)CC1. The van der Waals surface area contributed by atoms with Crippen LogP contribution in [0, 0.1) is 0 Å². The molecule has 1 aromatic carbocycles. The zero-order valence-electron chi connectivity index (χ0n) is 14.5. The van der Waals surface area contributed by atoms with E-state index in [0.717, 1.165) is 37.3 Å².